The number of nitrogens with one attached hydrogen (secondary N) is 1. The largest absolute Gasteiger partial charge is 0.462 e. The highest BCUT2D eigenvalue weighted by Gasteiger charge is 2.41. The van der Waals surface area contributed by atoms with Crippen LogP contribution in [0.3, 0.4) is 0 Å². The van der Waals surface area contributed by atoms with Crippen molar-refractivity contribution in [2.24, 2.45) is 0 Å². The summed E-state index contributed by atoms with van der Waals surface area (Å²) in [5.41, 5.74) is -1.00. The predicted molar refractivity (Wildman–Crippen MR) is 144 cm³/mol. The number of carbonyl (C=O) groups excluding carboxylic acids is 2. The number of carbonyl (C=O) groups is 2. The molecular formula is C31H26F4N2O4. The first kappa shape index (κ1) is 28.1. The molecule has 4 aromatic rings. The number of anilines is 1. The molecule has 1 fully saturated rings. The fourth-order valence-corrected chi connectivity index (χ4v) is 5.05. The zero-order chi connectivity index (χ0) is 29.1. The first-order chi connectivity index (χ1) is 19.6. The average Bonchev–Trinajstić information content (AvgIpc) is 3.36. The molecule has 3 aromatic carbocycles. The monoisotopic (exact) mass is 566 g/mol. The van der Waals surface area contributed by atoms with E-state index in [1.165, 1.54) is 29.2 Å². The van der Waals surface area contributed by atoms with Crippen LogP contribution < -0.4 is 4.90 Å². The van der Waals surface area contributed by atoms with E-state index in [1.807, 2.05) is 0 Å². The second-order valence-electron chi connectivity index (χ2n) is 9.78. The van der Waals surface area contributed by atoms with E-state index in [-0.39, 0.29) is 53.8 Å². The number of esters is 1. The number of aromatic nitrogens is 1. The number of ether oxygens (including phenoxy) is 1. The van der Waals surface area contributed by atoms with Gasteiger partial charge in [0.25, 0.3) is 5.91 Å². The second-order valence-corrected chi connectivity index (χ2v) is 9.78. The van der Waals surface area contributed by atoms with Gasteiger partial charge in [0.05, 0.1) is 23.8 Å². The Balaban J connectivity index is 1.66. The van der Waals surface area contributed by atoms with Gasteiger partial charge in [-0.15, -0.1) is 0 Å². The van der Waals surface area contributed by atoms with Crippen LogP contribution in [0.1, 0.15) is 35.3 Å². The fourth-order valence-electron chi connectivity index (χ4n) is 5.05. The van der Waals surface area contributed by atoms with Gasteiger partial charge in [0.2, 0.25) is 0 Å². The number of aliphatic hydroxyl groups is 1. The zero-order valence-electron chi connectivity index (χ0n) is 21.7. The SMILES string of the molecule is O=C1C[C@@H](O)C[C@H](CCN(C(=O)c2c(-c3ccc(F)cc3)[nH]c(C(F)(F)F)c2-c2ccccc2)c2ccccc2)O1. The van der Waals surface area contributed by atoms with Gasteiger partial charge in [-0.25, -0.2) is 4.39 Å². The predicted octanol–water partition coefficient (Wildman–Crippen LogP) is 6.61. The normalized spacial score (nSPS) is 17.2. The number of cyclic esters (lactones) is 1. The van der Waals surface area contributed by atoms with E-state index in [9.17, 15) is 32.3 Å². The van der Waals surface area contributed by atoms with Gasteiger partial charge < -0.3 is 19.7 Å². The summed E-state index contributed by atoms with van der Waals surface area (Å²) in [6.07, 6.45) is -6.19. The fraction of sp³-hybridized carbons (Fsp3) is 0.226. The lowest BCUT2D eigenvalue weighted by atomic mass is 9.96. The molecule has 212 valence electrons. The second kappa shape index (κ2) is 11.6. The summed E-state index contributed by atoms with van der Waals surface area (Å²) in [5, 5.41) is 10.0. The minimum atomic E-state index is -4.84. The highest BCUT2D eigenvalue weighted by molar-refractivity contribution is 6.14. The number of amides is 1. The number of hydrogen-bond acceptors (Lipinski definition) is 4. The van der Waals surface area contributed by atoms with E-state index in [2.05, 4.69) is 4.98 Å². The smallest absolute Gasteiger partial charge is 0.431 e. The first-order valence-electron chi connectivity index (χ1n) is 13.0. The molecule has 1 saturated heterocycles. The van der Waals surface area contributed by atoms with Crippen molar-refractivity contribution in [2.75, 3.05) is 11.4 Å². The number of aliphatic hydroxyl groups excluding tert-OH is 1. The van der Waals surface area contributed by atoms with Crippen LogP contribution in [0.2, 0.25) is 0 Å². The molecule has 5 rings (SSSR count). The van der Waals surface area contributed by atoms with E-state index in [4.69, 9.17) is 4.74 Å². The Morgan fingerprint density at radius 3 is 2.20 bits per heavy atom. The molecule has 0 unspecified atom stereocenters. The van der Waals surface area contributed by atoms with Crippen molar-refractivity contribution in [3.05, 3.63) is 102 Å². The van der Waals surface area contributed by atoms with Gasteiger partial charge in [-0.05, 0) is 47.5 Å². The quantitative estimate of drug-likeness (QED) is 0.195. The molecule has 1 aromatic heterocycles. The molecule has 2 N–H and O–H groups in total. The van der Waals surface area contributed by atoms with Gasteiger partial charge in [0, 0.05) is 30.6 Å². The van der Waals surface area contributed by atoms with Crippen molar-refractivity contribution in [3.8, 4) is 22.4 Å². The van der Waals surface area contributed by atoms with E-state index in [1.54, 1.807) is 48.5 Å². The molecule has 2 atom stereocenters. The lowest BCUT2D eigenvalue weighted by molar-refractivity contribution is -0.160. The molecule has 1 aliphatic rings. The van der Waals surface area contributed by atoms with Crippen molar-refractivity contribution in [3.63, 3.8) is 0 Å². The number of halogens is 4. The highest BCUT2D eigenvalue weighted by Crippen LogP contribution is 2.44. The van der Waals surface area contributed by atoms with E-state index >= 15 is 0 Å². The molecule has 0 bridgehead atoms. The van der Waals surface area contributed by atoms with Gasteiger partial charge in [0.1, 0.15) is 17.6 Å². The van der Waals surface area contributed by atoms with E-state index in [0.29, 0.717) is 5.69 Å². The summed E-state index contributed by atoms with van der Waals surface area (Å²) in [4.78, 5) is 30.1. The van der Waals surface area contributed by atoms with Crippen LogP contribution >= 0.6 is 0 Å². The first-order valence-corrected chi connectivity index (χ1v) is 13.0. The van der Waals surface area contributed by atoms with Crippen molar-refractivity contribution in [1.82, 2.24) is 4.98 Å². The molecule has 0 aliphatic carbocycles. The third-order valence-electron chi connectivity index (χ3n) is 6.92. The number of hydrogen-bond donors (Lipinski definition) is 2. The number of benzene rings is 3. The molecule has 1 aliphatic heterocycles. The maximum Gasteiger partial charge on any atom is 0.431 e. The molecule has 0 spiro atoms. The van der Waals surface area contributed by atoms with Crippen molar-refractivity contribution in [1.29, 1.82) is 0 Å². The Morgan fingerprint density at radius 2 is 1.59 bits per heavy atom. The number of para-hydroxylation sites is 1. The minimum absolute atomic E-state index is 0.0167. The Morgan fingerprint density at radius 1 is 0.951 bits per heavy atom. The van der Waals surface area contributed by atoms with Gasteiger partial charge >= 0.3 is 12.1 Å². The topological polar surface area (TPSA) is 82.6 Å². The Kier molecular flexibility index (Phi) is 7.94. The molecule has 6 nitrogen and oxygen atoms in total. The maximum atomic E-state index is 14.5. The Bertz CT molecular complexity index is 1520. The average molecular weight is 567 g/mol. The minimum Gasteiger partial charge on any atom is -0.462 e. The Labute approximate surface area is 233 Å². The summed E-state index contributed by atoms with van der Waals surface area (Å²) in [7, 11) is 0. The molecule has 0 radical (unpaired) electrons. The molecule has 2 heterocycles. The van der Waals surface area contributed by atoms with E-state index < -0.39 is 41.8 Å². The third-order valence-corrected chi connectivity index (χ3v) is 6.92. The van der Waals surface area contributed by atoms with Gasteiger partial charge in [0.15, 0.2) is 0 Å². The maximum absolute atomic E-state index is 14.5. The number of alkyl halides is 3. The van der Waals surface area contributed by atoms with Gasteiger partial charge in [-0.1, -0.05) is 48.5 Å². The zero-order valence-corrected chi connectivity index (χ0v) is 21.7. The van der Waals surface area contributed by atoms with Crippen molar-refractivity contribution in [2.45, 2.75) is 37.6 Å². The van der Waals surface area contributed by atoms with Crippen LogP contribution in [-0.4, -0.2) is 40.7 Å². The number of rotatable bonds is 7. The van der Waals surface area contributed by atoms with Crippen LogP contribution in [-0.2, 0) is 15.7 Å². The summed E-state index contributed by atoms with van der Waals surface area (Å²) < 4.78 is 62.5. The van der Waals surface area contributed by atoms with Crippen LogP contribution in [0.25, 0.3) is 22.4 Å². The number of H-pyrrole nitrogens is 1. The van der Waals surface area contributed by atoms with Crippen LogP contribution in [0.15, 0.2) is 84.9 Å². The highest BCUT2D eigenvalue weighted by atomic mass is 19.4. The number of aromatic amines is 1. The summed E-state index contributed by atoms with van der Waals surface area (Å²) in [6.45, 7) is -0.0167. The molecule has 1 amide bonds. The van der Waals surface area contributed by atoms with Crippen LogP contribution in [0.5, 0.6) is 0 Å². The molecular weight excluding hydrogens is 540 g/mol. The molecule has 0 saturated carbocycles. The summed E-state index contributed by atoms with van der Waals surface area (Å²) >= 11 is 0. The lowest BCUT2D eigenvalue weighted by Crippen LogP contribution is -2.38. The van der Waals surface area contributed by atoms with Crippen molar-refractivity contribution >= 4 is 17.6 Å². The van der Waals surface area contributed by atoms with Gasteiger partial charge in [-0.2, -0.15) is 13.2 Å². The Hall–Kier alpha value is -4.44. The third kappa shape index (κ3) is 6.17. The standard InChI is InChI=1S/C31H26F4N2O4/c32-21-13-11-20(12-14-21)28-27(26(19-7-3-1-4-8-19)29(36-28)31(33,34)35)30(40)37(22-9-5-2-6-10-22)16-15-24-17-23(38)18-25(39)41-24/h1-14,23-24,36,38H,15-18H2/t23-,24-/m0/s1. The van der Waals surface area contributed by atoms with Gasteiger partial charge in [-0.3, -0.25) is 9.59 Å². The summed E-state index contributed by atoms with van der Waals surface area (Å²) in [6, 6.07) is 21.0. The van der Waals surface area contributed by atoms with E-state index in [0.717, 1.165) is 12.1 Å². The summed E-state index contributed by atoms with van der Waals surface area (Å²) in [5.74, 6) is -1.87. The number of nitrogens with zero attached hydrogens (tertiary/aromatic N) is 1. The van der Waals surface area contributed by atoms with Crippen LogP contribution in [0, 0.1) is 5.82 Å². The lowest BCUT2D eigenvalue weighted by Gasteiger charge is -2.29. The van der Waals surface area contributed by atoms with Crippen molar-refractivity contribution < 1.29 is 37.0 Å². The molecule has 10 heteroatoms. The molecule has 41 heavy (non-hydrogen) atoms. The van der Waals surface area contributed by atoms with Crippen LogP contribution in [0.4, 0.5) is 23.2 Å².